The van der Waals surface area contributed by atoms with Crippen molar-refractivity contribution in [1.82, 2.24) is 10.4 Å². The number of carbonyl (C=O) groups excluding carboxylic acids is 3. The van der Waals surface area contributed by atoms with Crippen LogP contribution in [0.3, 0.4) is 0 Å². The SMILES string of the molecule is O=C(Cc1ccccc1Nc1c(Cl)cccc1Cl)NN1C(=O)CCC1=O. The van der Waals surface area contributed by atoms with Gasteiger partial charge in [0.05, 0.1) is 22.2 Å². The largest absolute Gasteiger partial charge is 0.353 e. The molecule has 0 aliphatic carbocycles. The zero-order valence-electron chi connectivity index (χ0n) is 13.6. The summed E-state index contributed by atoms with van der Waals surface area (Å²) >= 11 is 12.4. The Hall–Kier alpha value is -2.57. The third-order valence-electron chi connectivity index (χ3n) is 3.88. The average molecular weight is 392 g/mol. The number of benzene rings is 2. The fourth-order valence-corrected chi connectivity index (χ4v) is 3.08. The van der Waals surface area contributed by atoms with E-state index >= 15 is 0 Å². The quantitative estimate of drug-likeness (QED) is 0.764. The Kier molecular flexibility index (Phi) is 5.44. The number of nitrogens with zero attached hydrogens (tertiary/aromatic N) is 1. The summed E-state index contributed by atoms with van der Waals surface area (Å²) in [7, 11) is 0. The van der Waals surface area contributed by atoms with Crippen LogP contribution in [0.1, 0.15) is 18.4 Å². The van der Waals surface area contributed by atoms with Gasteiger partial charge in [0.25, 0.3) is 0 Å². The molecule has 134 valence electrons. The molecule has 1 fully saturated rings. The summed E-state index contributed by atoms with van der Waals surface area (Å²) in [6, 6.07) is 12.3. The van der Waals surface area contributed by atoms with E-state index in [1.165, 1.54) is 0 Å². The van der Waals surface area contributed by atoms with Crippen molar-refractivity contribution in [3.8, 4) is 0 Å². The molecule has 0 unspecified atom stereocenters. The van der Waals surface area contributed by atoms with Crippen LogP contribution >= 0.6 is 23.2 Å². The minimum absolute atomic E-state index is 0.0255. The first-order valence-electron chi connectivity index (χ1n) is 7.90. The molecule has 0 spiro atoms. The monoisotopic (exact) mass is 391 g/mol. The summed E-state index contributed by atoms with van der Waals surface area (Å²) in [5, 5.41) is 4.81. The molecule has 26 heavy (non-hydrogen) atoms. The number of hydrazine groups is 1. The molecule has 1 heterocycles. The molecule has 8 heteroatoms. The molecule has 1 saturated heterocycles. The summed E-state index contributed by atoms with van der Waals surface area (Å²) in [5.74, 6) is -1.27. The maximum Gasteiger partial charge on any atom is 0.248 e. The smallest absolute Gasteiger partial charge is 0.248 e. The van der Waals surface area contributed by atoms with Crippen molar-refractivity contribution >= 4 is 52.3 Å². The second kappa shape index (κ2) is 7.76. The Morgan fingerprint density at radius 3 is 2.23 bits per heavy atom. The third kappa shape index (κ3) is 3.98. The second-order valence-corrected chi connectivity index (χ2v) is 6.53. The Morgan fingerprint density at radius 2 is 1.58 bits per heavy atom. The van der Waals surface area contributed by atoms with Crippen LogP contribution in [0.15, 0.2) is 42.5 Å². The number of amides is 3. The third-order valence-corrected chi connectivity index (χ3v) is 4.51. The van der Waals surface area contributed by atoms with Gasteiger partial charge >= 0.3 is 0 Å². The molecule has 1 aliphatic rings. The van der Waals surface area contributed by atoms with Crippen molar-refractivity contribution in [3.05, 3.63) is 58.1 Å². The van der Waals surface area contributed by atoms with Crippen LogP contribution in [0.25, 0.3) is 0 Å². The van der Waals surface area contributed by atoms with E-state index in [0.717, 1.165) is 5.01 Å². The summed E-state index contributed by atoms with van der Waals surface area (Å²) in [6.45, 7) is 0. The molecule has 0 saturated carbocycles. The lowest BCUT2D eigenvalue weighted by Gasteiger charge is -2.17. The maximum atomic E-state index is 12.3. The number of hydrogen-bond donors (Lipinski definition) is 2. The van der Waals surface area contributed by atoms with Gasteiger partial charge in [-0.25, -0.2) is 0 Å². The highest BCUT2D eigenvalue weighted by Crippen LogP contribution is 2.33. The molecule has 1 aliphatic heterocycles. The fourth-order valence-electron chi connectivity index (χ4n) is 2.59. The number of para-hydroxylation sites is 2. The predicted molar refractivity (Wildman–Crippen MR) is 99.1 cm³/mol. The molecule has 3 amide bonds. The van der Waals surface area contributed by atoms with Crippen LogP contribution in [0.2, 0.25) is 10.0 Å². The van der Waals surface area contributed by atoms with Crippen LogP contribution in [0.5, 0.6) is 0 Å². The molecule has 0 radical (unpaired) electrons. The van der Waals surface area contributed by atoms with Crippen LogP contribution in [-0.2, 0) is 20.8 Å². The summed E-state index contributed by atoms with van der Waals surface area (Å²) in [6.07, 6.45) is 0.201. The number of carbonyl (C=O) groups is 3. The van der Waals surface area contributed by atoms with Gasteiger partial charge in [0.15, 0.2) is 0 Å². The Bertz CT molecular complexity index is 849. The van der Waals surface area contributed by atoms with Gasteiger partial charge in [0.1, 0.15) is 0 Å². The molecule has 2 aromatic rings. The molecule has 3 rings (SSSR count). The number of anilines is 2. The molecule has 2 aromatic carbocycles. The first-order chi connectivity index (χ1) is 12.5. The molecule has 0 bridgehead atoms. The zero-order valence-corrected chi connectivity index (χ0v) is 15.1. The first-order valence-corrected chi connectivity index (χ1v) is 8.65. The zero-order chi connectivity index (χ0) is 18.7. The lowest BCUT2D eigenvalue weighted by atomic mass is 10.1. The van der Waals surface area contributed by atoms with Gasteiger partial charge in [-0.05, 0) is 23.8 Å². The van der Waals surface area contributed by atoms with E-state index in [9.17, 15) is 14.4 Å². The number of hydrogen-bond acceptors (Lipinski definition) is 4. The van der Waals surface area contributed by atoms with Gasteiger partial charge in [-0.15, -0.1) is 0 Å². The van der Waals surface area contributed by atoms with Crippen molar-refractivity contribution in [2.45, 2.75) is 19.3 Å². The number of rotatable bonds is 5. The predicted octanol–water partition coefficient (Wildman–Crippen LogP) is 3.46. The molecular weight excluding hydrogens is 377 g/mol. The molecule has 0 atom stereocenters. The van der Waals surface area contributed by atoms with Gasteiger partial charge < -0.3 is 5.32 Å². The van der Waals surface area contributed by atoms with E-state index in [2.05, 4.69) is 10.7 Å². The van der Waals surface area contributed by atoms with Crippen LogP contribution in [-0.4, -0.2) is 22.7 Å². The Morgan fingerprint density at radius 1 is 0.962 bits per heavy atom. The Balaban J connectivity index is 1.76. The van der Waals surface area contributed by atoms with Gasteiger partial charge in [-0.1, -0.05) is 47.5 Å². The van der Waals surface area contributed by atoms with E-state index < -0.39 is 17.7 Å². The van der Waals surface area contributed by atoms with Gasteiger partial charge in [-0.2, -0.15) is 5.01 Å². The maximum absolute atomic E-state index is 12.3. The van der Waals surface area contributed by atoms with E-state index in [1.807, 2.05) is 6.07 Å². The van der Waals surface area contributed by atoms with Crippen LogP contribution < -0.4 is 10.7 Å². The summed E-state index contributed by atoms with van der Waals surface area (Å²) in [4.78, 5) is 35.5. The normalized spacial score (nSPS) is 13.8. The minimum Gasteiger partial charge on any atom is -0.353 e. The van der Waals surface area contributed by atoms with Crippen molar-refractivity contribution in [3.63, 3.8) is 0 Å². The van der Waals surface area contributed by atoms with E-state index in [-0.39, 0.29) is 19.3 Å². The van der Waals surface area contributed by atoms with Gasteiger partial charge in [0, 0.05) is 18.5 Å². The summed E-state index contributed by atoms with van der Waals surface area (Å²) < 4.78 is 0. The van der Waals surface area contributed by atoms with Crippen molar-refractivity contribution in [2.24, 2.45) is 0 Å². The van der Waals surface area contributed by atoms with Gasteiger partial charge in [0.2, 0.25) is 17.7 Å². The van der Waals surface area contributed by atoms with Crippen molar-refractivity contribution in [2.75, 3.05) is 5.32 Å². The van der Waals surface area contributed by atoms with Gasteiger partial charge in [-0.3, -0.25) is 19.8 Å². The molecule has 6 nitrogen and oxygen atoms in total. The molecular formula is C18H15Cl2N3O3. The molecule has 0 aromatic heterocycles. The molecule has 2 N–H and O–H groups in total. The van der Waals surface area contributed by atoms with Crippen LogP contribution in [0.4, 0.5) is 11.4 Å². The first kappa shape index (κ1) is 18.2. The number of nitrogens with one attached hydrogen (secondary N) is 2. The van der Waals surface area contributed by atoms with E-state index in [0.29, 0.717) is 27.0 Å². The standard InChI is InChI=1S/C18H15Cl2N3O3/c19-12-5-3-6-13(20)18(12)21-14-7-2-1-4-11(14)10-15(24)22-23-16(25)8-9-17(23)26/h1-7,21H,8-10H2,(H,22,24). The average Bonchev–Trinajstić information content (AvgIpc) is 2.91. The topological polar surface area (TPSA) is 78.5 Å². The lowest BCUT2D eigenvalue weighted by Crippen LogP contribution is -2.46. The van der Waals surface area contributed by atoms with Crippen LogP contribution in [0, 0.1) is 0 Å². The lowest BCUT2D eigenvalue weighted by molar-refractivity contribution is -0.147. The number of halogens is 2. The van der Waals surface area contributed by atoms with Crippen molar-refractivity contribution < 1.29 is 14.4 Å². The minimum atomic E-state index is -0.465. The highest BCUT2D eigenvalue weighted by atomic mass is 35.5. The fraction of sp³-hybridized carbons (Fsp3) is 0.167. The highest BCUT2D eigenvalue weighted by Gasteiger charge is 2.30. The van der Waals surface area contributed by atoms with E-state index in [1.54, 1.807) is 36.4 Å². The van der Waals surface area contributed by atoms with Crippen molar-refractivity contribution in [1.29, 1.82) is 0 Å². The number of imide groups is 1. The van der Waals surface area contributed by atoms with E-state index in [4.69, 9.17) is 23.2 Å². The summed E-state index contributed by atoms with van der Waals surface area (Å²) in [5.41, 5.74) is 4.21. The second-order valence-electron chi connectivity index (χ2n) is 5.71. The Labute approximate surface area is 160 Å². The highest BCUT2D eigenvalue weighted by molar-refractivity contribution is 6.39.